The van der Waals surface area contributed by atoms with Crippen LogP contribution in [0, 0.1) is 0 Å². The topological polar surface area (TPSA) is 53.6 Å². The van der Waals surface area contributed by atoms with E-state index in [4.69, 9.17) is 0 Å². The van der Waals surface area contributed by atoms with Crippen molar-refractivity contribution in [1.82, 2.24) is 15.0 Å². The summed E-state index contributed by atoms with van der Waals surface area (Å²) in [6.45, 7) is 3.15. The smallest absolute Gasteiger partial charge is 0.165 e. The molecular formula is C12H16N4S. The summed E-state index contributed by atoms with van der Waals surface area (Å²) >= 11 is 1.66. The molecule has 0 radical (unpaired) electrons. The van der Waals surface area contributed by atoms with Crippen molar-refractivity contribution in [3.63, 3.8) is 0 Å². The zero-order valence-electron chi connectivity index (χ0n) is 9.81. The third-order valence-electron chi connectivity index (χ3n) is 2.23. The Balaban J connectivity index is 1.91. The summed E-state index contributed by atoms with van der Waals surface area (Å²) in [5, 5.41) is 4.28. The normalized spacial score (nSPS) is 10.4. The van der Waals surface area contributed by atoms with E-state index in [-0.39, 0.29) is 0 Å². The van der Waals surface area contributed by atoms with Gasteiger partial charge in [0.1, 0.15) is 0 Å². The van der Waals surface area contributed by atoms with Crippen molar-refractivity contribution < 1.29 is 0 Å². The van der Waals surface area contributed by atoms with Gasteiger partial charge in [0, 0.05) is 36.6 Å². The minimum atomic E-state index is 0.829. The highest BCUT2D eigenvalue weighted by molar-refractivity contribution is 7.98. The lowest BCUT2D eigenvalue weighted by atomic mass is 10.3. The van der Waals surface area contributed by atoms with E-state index >= 15 is 0 Å². The monoisotopic (exact) mass is 248 g/mol. The van der Waals surface area contributed by atoms with Crippen LogP contribution in [0.2, 0.25) is 0 Å². The Morgan fingerprint density at radius 2 is 2.29 bits per heavy atom. The van der Waals surface area contributed by atoms with Gasteiger partial charge in [0.25, 0.3) is 0 Å². The second-order valence-electron chi connectivity index (χ2n) is 3.65. The third-order valence-corrected chi connectivity index (χ3v) is 3.16. The van der Waals surface area contributed by atoms with Gasteiger partial charge in [-0.3, -0.25) is 4.98 Å². The van der Waals surface area contributed by atoms with Crippen molar-refractivity contribution in [1.29, 1.82) is 0 Å². The molecule has 2 heterocycles. The summed E-state index contributed by atoms with van der Waals surface area (Å²) < 4.78 is 0. The zero-order valence-corrected chi connectivity index (χ0v) is 10.6. The molecule has 0 bridgehead atoms. The van der Waals surface area contributed by atoms with Crippen molar-refractivity contribution >= 4 is 17.4 Å². The van der Waals surface area contributed by atoms with Crippen LogP contribution in [0.4, 0.5) is 5.69 Å². The Hall–Kier alpha value is -1.49. The second kappa shape index (κ2) is 6.30. The number of imidazole rings is 1. The van der Waals surface area contributed by atoms with Crippen LogP contribution in [0.5, 0.6) is 0 Å². The number of aromatic amines is 1. The van der Waals surface area contributed by atoms with Gasteiger partial charge in [-0.1, -0.05) is 18.7 Å². The van der Waals surface area contributed by atoms with E-state index in [0.29, 0.717) is 0 Å². The number of nitrogens with zero attached hydrogens (tertiary/aromatic N) is 2. The number of rotatable bonds is 6. The molecule has 0 spiro atoms. The van der Waals surface area contributed by atoms with Crippen LogP contribution in [-0.2, 0) is 5.75 Å². The molecule has 0 unspecified atom stereocenters. The summed E-state index contributed by atoms with van der Waals surface area (Å²) in [5.41, 5.74) is 2.20. The number of hydrogen-bond donors (Lipinski definition) is 2. The first-order valence-corrected chi connectivity index (χ1v) is 6.68. The van der Waals surface area contributed by atoms with Gasteiger partial charge >= 0.3 is 0 Å². The first kappa shape index (κ1) is 12.0. The number of pyridine rings is 1. The molecule has 0 fully saturated rings. The maximum Gasteiger partial charge on any atom is 0.165 e. The van der Waals surface area contributed by atoms with Crippen molar-refractivity contribution in [3.8, 4) is 0 Å². The summed E-state index contributed by atoms with van der Waals surface area (Å²) in [4.78, 5) is 11.6. The molecule has 0 aromatic carbocycles. The highest BCUT2D eigenvalue weighted by Gasteiger charge is 2.00. The molecule has 2 aromatic heterocycles. The average molecular weight is 248 g/mol. The lowest BCUT2D eigenvalue weighted by molar-refractivity contribution is 0.977. The number of nitrogens with one attached hydrogen (secondary N) is 2. The second-order valence-corrected chi connectivity index (χ2v) is 4.61. The standard InChI is InChI=1S/C12H16N4S/c1-2-4-13-10-3-5-14-11(8-10)9-17-12-15-6-7-16-12/h3,5-8H,2,4,9H2,1H3,(H,13,14)(H,15,16). The molecule has 2 aromatic rings. The molecule has 2 rings (SSSR count). The fourth-order valence-electron chi connectivity index (χ4n) is 1.41. The molecule has 0 saturated heterocycles. The van der Waals surface area contributed by atoms with E-state index in [1.54, 1.807) is 18.0 Å². The van der Waals surface area contributed by atoms with E-state index in [1.165, 1.54) is 0 Å². The first-order valence-electron chi connectivity index (χ1n) is 5.69. The molecule has 90 valence electrons. The Labute approximate surface area is 105 Å². The summed E-state index contributed by atoms with van der Waals surface area (Å²) in [6, 6.07) is 4.09. The molecule has 0 aliphatic carbocycles. The molecule has 2 N–H and O–H groups in total. The van der Waals surface area contributed by atoms with Gasteiger partial charge in [0.15, 0.2) is 5.16 Å². The van der Waals surface area contributed by atoms with Crippen LogP contribution in [-0.4, -0.2) is 21.5 Å². The fourth-order valence-corrected chi connectivity index (χ4v) is 2.14. The number of aromatic nitrogens is 3. The van der Waals surface area contributed by atoms with Crippen LogP contribution in [0.1, 0.15) is 19.0 Å². The van der Waals surface area contributed by atoms with Crippen molar-refractivity contribution in [2.75, 3.05) is 11.9 Å². The lowest BCUT2D eigenvalue weighted by Gasteiger charge is -2.05. The Morgan fingerprint density at radius 1 is 1.35 bits per heavy atom. The Morgan fingerprint density at radius 3 is 3.06 bits per heavy atom. The molecule has 0 aliphatic rings. The van der Waals surface area contributed by atoms with E-state index in [0.717, 1.165) is 35.3 Å². The van der Waals surface area contributed by atoms with E-state index in [9.17, 15) is 0 Å². The number of hydrogen-bond acceptors (Lipinski definition) is 4. The molecule has 17 heavy (non-hydrogen) atoms. The third kappa shape index (κ3) is 3.78. The van der Waals surface area contributed by atoms with Gasteiger partial charge in [-0.25, -0.2) is 4.98 Å². The highest BCUT2D eigenvalue weighted by atomic mass is 32.2. The minimum Gasteiger partial charge on any atom is -0.385 e. The van der Waals surface area contributed by atoms with Gasteiger partial charge in [0.05, 0.1) is 5.69 Å². The van der Waals surface area contributed by atoms with Crippen LogP contribution in [0.3, 0.4) is 0 Å². The fraction of sp³-hybridized carbons (Fsp3) is 0.333. The summed E-state index contributed by atoms with van der Waals surface area (Å²) in [6.07, 6.45) is 6.55. The van der Waals surface area contributed by atoms with Crippen LogP contribution < -0.4 is 5.32 Å². The van der Waals surface area contributed by atoms with Gasteiger partial charge in [-0.05, 0) is 18.6 Å². The van der Waals surface area contributed by atoms with Crippen molar-refractivity contribution in [2.45, 2.75) is 24.3 Å². The number of H-pyrrole nitrogens is 1. The van der Waals surface area contributed by atoms with Crippen LogP contribution in [0.15, 0.2) is 35.9 Å². The Kier molecular flexibility index (Phi) is 4.44. The van der Waals surface area contributed by atoms with Gasteiger partial charge in [-0.15, -0.1) is 0 Å². The predicted octanol–water partition coefficient (Wildman–Crippen LogP) is 2.92. The molecule has 5 heteroatoms. The predicted molar refractivity (Wildman–Crippen MR) is 71.2 cm³/mol. The number of thioether (sulfide) groups is 1. The maximum absolute atomic E-state index is 4.34. The lowest BCUT2D eigenvalue weighted by Crippen LogP contribution is -2.00. The maximum atomic E-state index is 4.34. The molecule has 4 nitrogen and oxygen atoms in total. The summed E-state index contributed by atoms with van der Waals surface area (Å²) in [7, 11) is 0. The van der Waals surface area contributed by atoms with Crippen molar-refractivity contribution in [2.24, 2.45) is 0 Å². The highest BCUT2D eigenvalue weighted by Crippen LogP contribution is 2.19. The van der Waals surface area contributed by atoms with Gasteiger partial charge in [0.2, 0.25) is 0 Å². The van der Waals surface area contributed by atoms with Gasteiger partial charge < -0.3 is 10.3 Å². The first-order chi connectivity index (χ1) is 8.38. The van der Waals surface area contributed by atoms with E-state index in [1.807, 2.05) is 18.5 Å². The Bertz CT molecular complexity index is 442. The quantitative estimate of drug-likeness (QED) is 0.772. The van der Waals surface area contributed by atoms with E-state index in [2.05, 4.69) is 33.3 Å². The molecular weight excluding hydrogens is 232 g/mol. The number of anilines is 1. The zero-order chi connectivity index (χ0) is 11.9. The van der Waals surface area contributed by atoms with Crippen LogP contribution >= 0.6 is 11.8 Å². The average Bonchev–Trinajstić information content (AvgIpc) is 2.87. The van der Waals surface area contributed by atoms with E-state index < -0.39 is 0 Å². The largest absolute Gasteiger partial charge is 0.385 e. The van der Waals surface area contributed by atoms with Crippen molar-refractivity contribution in [3.05, 3.63) is 36.4 Å². The van der Waals surface area contributed by atoms with Crippen LogP contribution in [0.25, 0.3) is 0 Å². The minimum absolute atomic E-state index is 0.829. The SMILES string of the molecule is CCCNc1ccnc(CSc2ncc[nH]2)c1. The molecule has 0 saturated carbocycles. The summed E-state index contributed by atoms with van der Waals surface area (Å²) in [5.74, 6) is 0.829. The van der Waals surface area contributed by atoms with Gasteiger partial charge in [-0.2, -0.15) is 0 Å². The molecule has 0 aliphatic heterocycles. The molecule has 0 amide bonds. The molecule has 0 atom stereocenters.